The number of carbonyl (C=O) groups excluding carboxylic acids is 3. The number of nitrogens with zero attached hydrogens (tertiary/aromatic N) is 2. The van der Waals surface area contributed by atoms with Crippen LogP contribution in [-0.2, 0) is 4.74 Å². The van der Waals surface area contributed by atoms with Crippen LogP contribution in [0.2, 0.25) is 0 Å². The monoisotopic (exact) mass is 352 g/mol. The van der Waals surface area contributed by atoms with Crippen LogP contribution >= 0.6 is 11.3 Å². The highest BCUT2D eigenvalue weighted by Gasteiger charge is 2.34. The van der Waals surface area contributed by atoms with Gasteiger partial charge in [-0.2, -0.15) is 0 Å². The van der Waals surface area contributed by atoms with E-state index in [-0.39, 0.29) is 25.0 Å². The number of amides is 2. The summed E-state index contributed by atoms with van der Waals surface area (Å²) < 4.78 is 6.11. The van der Waals surface area contributed by atoms with Gasteiger partial charge in [0.15, 0.2) is 0 Å². The Balaban J connectivity index is 1.40. The Morgan fingerprint density at radius 1 is 1.08 bits per heavy atom. The van der Waals surface area contributed by atoms with Crippen LogP contribution in [0, 0.1) is 0 Å². The first-order chi connectivity index (χ1) is 12.1. The van der Waals surface area contributed by atoms with Crippen molar-refractivity contribution in [3.8, 4) is 0 Å². The molecule has 1 aromatic heterocycles. The lowest BCUT2D eigenvalue weighted by molar-refractivity contribution is 0.0420. The number of benzene rings is 2. The van der Waals surface area contributed by atoms with Gasteiger partial charge in [0.05, 0.1) is 39.0 Å². The van der Waals surface area contributed by atoms with Gasteiger partial charge in [0.2, 0.25) is 0 Å². The summed E-state index contributed by atoms with van der Waals surface area (Å²) in [5.74, 6) is -1.21. The van der Waals surface area contributed by atoms with E-state index < -0.39 is 5.97 Å². The molecular weight excluding hydrogens is 340 g/mol. The highest BCUT2D eigenvalue weighted by atomic mass is 32.1. The second-order valence-corrected chi connectivity index (χ2v) is 6.36. The molecule has 2 heterocycles. The molecule has 7 heteroatoms. The third-order valence-corrected chi connectivity index (χ3v) is 4.78. The van der Waals surface area contributed by atoms with Crippen molar-refractivity contribution >= 4 is 39.3 Å². The molecule has 0 atom stereocenters. The minimum atomic E-state index is -0.494. The van der Waals surface area contributed by atoms with E-state index in [2.05, 4.69) is 4.98 Å². The van der Waals surface area contributed by atoms with Crippen LogP contribution in [-0.4, -0.2) is 40.8 Å². The first-order valence-corrected chi connectivity index (χ1v) is 8.49. The summed E-state index contributed by atoms with van der Waals surface area (Å²) in [6.45, 7) is -0.0219. The van der Waals surface area contributed by atoms with Crippen LogP contribution in [0.15, 0.2) is 48.0 Å². The number of thiazole rings is 1. The van der Waals surface area contributed by atoms with Crippen molar-refractivity contribution in [1.82, 2.24) is 9.88 Å². The number of imide groups is 1. The standard InChI is InChI=1S/C18H12N2O4S/c21-16-12-3-1-2-4-13(12)17(22)20(16)7-8-24-18(23)11-5-6-14-15(9-11)25-10-19-14/h1-6,9-10H,7-8H2. The van der Waals surface area contributed by atoms with Gasteiger partial charge < -0.3 is 4.74 Å². The minimum absolute atomic E-state index is 0.0287. The molecule has 0 radical (unpaired) electrons. The molecule has 2 aromatic carbocycles. The van der Waals surface area contributed by atoms with Crippen LogP contribution in [0.4, 0.5) is 0 Å². The Hall–Kier alpha value is -3.06. The van der Waals surface area contributed by atoms with Gasteiger partial charge in [0, 0.05) is 0 Å². The summed E-state index contributed by atoms with van der Waals surface area (Å²) in [7, 11) is 0. The highest BCUT2D eigenvalue weighted by Crippen LogP contribution is 2.22. The van der Waals surface area contributed by atoms with E-state index in [0.717, 1.165) is 15.1 Å². The second kappa shape index (κ2) is 6.10. The highest BCUT2D eigenvalue weighted by molar-refractivity contribution is 7.16. The molecule has 1 aliphatic heterocycles. The quantitative estimate of drug-likeness (QED) is 0.533. The molecule has 0 saturated carbocycles. The van der Waals surface area contributed by atoms with E-state index in [0.29, 0.717) is 16.7 Å². The lowest BCUT2D eigenvalue weighted by Gasteiger charge is -2.13. The predicted molar refractivity (Wildman–Crippen MR) is 91.7 cm³/mol. The molecule has 0 aliphatic carbocycles. The average Bonchev–Trinajstić information content (AvgIpc) is 3.20. The van der Waals surface area contributed by atoms with Crippen LogP contribution in [0.1, 0.15) is 31.1 Å². The zero-order chi connectivity index (χ0) is 17.4. The van der Waals surface area contributed by atoms with Crippen LogP contribution < -0.4 is 0 Å². The fourth-order valence-electron chi connectivity index (χ4n) is 2.74. The molecule has 0 N–H and O–H groups in total. The third kappa shape index (κ3) is 2.68. The number of ether oxygens (including phenoxy) is 1. The number of rotatable bonds is 4. The van der Waals surface area contributed by atoms with Crippen molar-refractivity contribution in [2.75, 3.05) is 13.2 Å². The lowest BCUT2D eigenvalue weighted by atomic mass is 10.1. The number of aromatic nitrogens is 1. The molecule has 0 spiro atoms. The Morgan fingerprint density at radius 3 is 2.52 bits per heavy atom. The summed E-state index contributed by atoms with van der Waals surface area (Å²) >= 11 is 1.44. The van der Waals surface area contributed by atoms with Gasteiger partial charge >= 0.3 is 5.97 Å². The molecule has 4 rings (SSSR count). The Bertz CT molecular complexity index is 976. The van der Waals surface area contributed by atoms with Crippen molar-refractivity contribution in [2.24, 2.45) is 0 Å². The van der Waals surface area contributed by atoms with Gasteiger partial charge in [-0.25, -0.2) is 9.78 Å². The molecule has 3 aromatic rings. The Kier molecular flexibility index (Phi) is 3.77. The van der Waals surface area contributed by atoms with E-state index in [1.165, 1.54) is 11.3 Å². The molecular formula is C18H12N2O4S. The van der Waals surface area contributed by atoms with Crippen molar-refractivity contribution in [3.05, 3.63) is 64.7 Å². The normalized spacial score (nSPS) is 13.4. The number of hydrogen-bond acceptors (Lipinski definition) is 6. The SMILES string of the molecule is O=C(OCCN1C(=O)c2ccccc2C1=O)c1ccc2ncsc2c1. The van der Waals surface area contributed by atoms with E-state index in [1.54, 1.807) is 48.0 Å². The van der Waals surface area contributed by atoms with Crippen LogP contribution in [0.5, 0.6) is 0 Å². The fraction of sp³-hybridized carbons (Fsp3) is 0.111. The van der Waals surface area contributed by atoms with Crippen molar-refractivity contribution < 1.29 is 19.1 Å². The average molecular weight is 352 g/mol. The molecule has 6 nitrogen and oxygen atoms in total. The lowest BCUT2D eigenvalue weighted by Crippen LogP contribution is -2.33. The smallest absolute Gasteiger partial charge is 0.338 e. The molecule has 0 saturated heterocycles. The van der Waals surface area contributed by atoms with Gasteiger partial charge in [-0.1, -0.05) is 12.1 Å². The van der Waals surface area contributed by atoms with Gasteiger partial charge in [-0.15, -0.1) is 11.3 Å². The topological polar surface area (TPSA) is 76.6 Å². The van der Waals surface area contributed by atoms with E-state index >= 15 is 0 Å². The zero-order valence-electron chi connectivity index (χ0n) is 13.0. The molecule has 0 unspecified atom stereocenters. The molecule has 0 bridgehead atoms. The number of hydrogen-bond donors (Lipinski definition) is 0. The first-order valence-electron chi connectivity index (χ1n) is 7.61. The molecule has 0 fully saturated rings. The van der Waals surface area contributed by atoms with Gasteiger partial charge in [-0.05, 0) is 30.3 Å². The summed E-state index contributed by atoms with van der Waals surface area (Å²) in [5, 5.41) is 0. The largest absolute Gasteiger partial charge is 0.460 e. The van der Waals surface area contributed by atoms with Crippen LogP contribution in [0.25, 0.3) is 10.2 Å². The van der Waals surface area contributed by atoms with Gasteiger partial charge in [0.1, 0.15) is 6.61 Å². The Morgan fingerprint density at radius 2 is 1.80 bits per heavy atom. The van der Waals surface area contributed by atoms with E-state index in [1.807, 2.05) is 0 Å². The maximum absolute atomic E-state index is 12.2. The number of esters is 1. The number of fused-ring (bicyclic) bond motifs is 2. The Labute approximate surface area is 146 Å². The van der Waals surface area contributed by atoms with Crippen LogP contribution in [0.3, 0.4) is 0 Å². The maximum Gasteiger partial charge on any atom is 0.338 e. The van der Waals surface area contributed by atoms with Crippen molar-refractivity contribution in [3.63, 3.8) is 0 Å². The fourth-order valence-corrected chi connectivity index (χ4v) is 3.45. The van der Waals surface area contributed by atoms with E-state index in [4.69, 9.17) is 4.74 Å². The molecule has 124 valence electrons. The third-order valence-electron chi connectivity index (χ3n) is 3.99. The maximum atomic E-state index is 12.2. The van der Waals surface area contributed by atoms with Gasteiger partial charge in [0.25, 0.3) is 11.8 Å². The first kappa shape index (κ1) is 15.5. The van der Waals surface area contributed by atoms with Crippen molar-refractivity contribution in [1.29, 1.82) is 0 Å². The molecule has 1 aliphatic rings. The molecule has 2 amide bonds. The predicted octanol–water partition coefficient (Wildman–Crippen LogP) is 2.75. The zero-order valence-corrected chi connectivity index (χ0v) is 13.8. The summed E-state index contributed by atoms with van der Waals surface area (Å²) in [6.07, 6.45) is 0. The molecule has 25 heavy (non-hydrogen) atoms. The summed E-state index contributed by atoms with van der Waals surface area (Å²) in [4.78, 5) is 41.9. The second-order valence-electron chi connectivity index (χ2n) is 5.48. The minimum Gasteiger partial charge on any atom is -0.460 e. The van der Waals surface area contributed by atoms with Gasteiger partial charge in [-0.3, -0.25) is 14.5 Å². The summed E-state index contributed by atoms with van der Waals surface area (Å²) in [6, 6.07) is 11.8. The number of carbonyl (C=O) groups is 3. The van der Waals surface area contributed by atoms with E-state index in [9.17, 15) is 14.4 Å². The summed E-state index contributed by atoms with van der Waals surface area (Å²) in [5.41, 5.74) is 3.72. The van der Waals surface area contributed by atoms with Crippen molar-refractivity contribution in [2.45, 2.75) is 0 Å².